The zero-order chi connectivity index (χ0) is 8.97. The number of nitrogens with two attached hydrogens (primary N) is 1. The van der Waals surface area contributed by atoms with Crippen molar-refractivity contribution in [2.24, 2.45) is 5.84 Å². The number of nitrogens with zero attached hydrogens (tertiary/aromatic N) is 2. The Kier molecular flexibility index (Phi) is 3.49. The van der Waals surface area contributed by atoms with Crippen LogP contribution >= 0.6 is 0 Å². The van der Waals surface area contributed by atoms with Gasteiger partial charge in [-0.1, -0.05) is 6.92 Å². The zero-order valence-electron chi connectivity index (χ0n) is 7.62. The summed E-state index contributed by atoms with van der Waals surface area (Å²) >= 11 is 0. The van der Waals surface area contributed by atoms with E-state index in [2.05, 4.69) is 0 Å². The van der Waals surface area contributed by atoms with Crippen LogP contribution < -0.4 is 5.84 Å². The Labute approximate surface area is 73.3 Å². The van der Waals surface area contributed by atoms with Crippen molar-refractivity contribution < 1.29 is 4.79 Å². The van der Waals surface area contributed by atoms with Crippen molar-refractivity contribution in [3.63, 3.8) is 0 Å². The topological polar surface area (TPSA) is 49.6 Å². The molecule has 1 heterocycles. The number of hydrogen-bond donors (Lipinski definition) is 1. The third-order valence-electron chi connectivity index (χ3n) is 2.13. The van der Waals surface area contributed by atoms with Crippen molar-refractivity contribution in [3.8, 4) is 0 Å². The molecule has 1 aliphatic heterocycles. The molecule has 0 radical (unpaired) electrons. The van der Waals surface area contributed by atoms with Crippen LogP contribution in [0.1, 0.15) is 19.8 Å². The van der Waals surface area contributed by atoms with E-state index in [1.807, 2.05) is 11.8 Å². The fourth-order valence-corrected chi connectivity index (χ4v) is 1.34. The van der Waals surface area contributed by atoms with Gasteiger partial charge in [0.1, 0.15) is 0 Å². The smallest absolute Gasteiger partial charge is 0.222 e. The van der Waals surface area contributed by atoms with Crippen molar-refractivity contribution >= 4 is 5.91 Å². The second-order valence-corrected chi connectivity index (χ2v) is 3.17. The number of hydrogen-bond acceptors (Lipinski definition) is 3. The minimum absolute atomic E-state index is 0.269. The van der Waals surface area contributed by atoms with Gasteiger partial charge in [-0.15, -0.1) is 0 Å². The summed E-state index contributed by atoms with van der Waals surface area (Å²) in [6.45, 7) is 5.20. The van der Waals surface area contributed by atoms with Crippen LogP contribution in [0.3, 0.4) is 0 Å². The molecule has 70 valence electrons. The maximum Gasteiger partial charge on any atom is 0.222 e. The summed E-state index contributed by atoms with van der Waals surface area (Å²) in [7, 11) is 0. The van der Waals surface area contributed by atoms with Gasteiger partial charge in [-0.05, 0) is 6.42 Å². The zero-order valence-corrected chi connectivity index (χ0v) is 7.62. The number of hydrazine groups is 1. The van der Waals surface area contributed by atoms with Crippen molar-refractivity contribution in [1.29, 1.82) is 0 Å². The lowest BCUT2D eigenvalue weighted by molar-refractivity contribution is -0.132. The number of amides is 1. The van der Waals surface area contributed by atoms with E-state index in [0.29, 0.717) is 6.42 Å². The molecule has 12 heavy (non-hydrogen) atoms. The quantitative estimate of drug-likeness (QED) is 0.586. The Bertz CT molecular complexity index is 152. The molecule has 0 aromatic rings. The first kappa shape index (κ1) is 9.48. The summed E-state index contributed by atoms with van der Waals surface area (Å²) in [5.41, 5.74) is 0. The first-order chi connectivity index (χ1) is 5.74. The van der Waals surface area contributed by atoms with E-state index in [4.69, 9.17) is 5.84 Å². The number of rotatable bonds is 2. The average molecular weight is 171 g/mol. The fourth-order valence-electron chi connectivity index (χ4n) is 1.34. The first-order valence-electron chi connectivity index (χ1n) is 4.51. The van der Waals surface area contributed by atoms with E-state index in [0.717, 1.165) is 32.6 Å². The molecular weight excluding hydrogens is 154 g/mol. The van der Waals surface area contributed by atoms with Gasteiger partial charge in [0, 0.05) is 32.6 Å². The fraction of sp³-hybridized carbons (Fsp3) is 0.875. The second-order valence-electron chi connectivity index (χ2n) is 3.17. The molecule has 0 aromatic heterocycles. The largest absolute Gasteiger partial charge is 0.340 e. The Morgan fingerprint density at radius 2 is 1.92 bits per heavy atom. The van der Waals surface area contributed by atoms with Crippen molar-refractivity contribution in [3.05, 3.63) is 0 Å². The molecular formula is C8H17N3O. The Morgan fingerprint density at radius 3 is 2.42 bits per heavy atom. The molecule has 2 N–H and O–H groups in total. The van der Waals surface area contributed by atoms with Gasteiger partial charge in [0.2, 0.25) is 5.91 Å². The summed E-state index contributed by atoms with van der Waals surface area (Å²) in [5.74, 6) is 5.84. The number of piperazine rings is 1. The highest BCUT2D eigenvalue weighted by Gasteiger charge is 2.17. The Morgan fingerprint density at radius 1 is 1.33 bits per heavy atom. The van der Waals surface area contributed by atoms with Crippen LogP contribution in [0.4, 0.5) is 0 Å². The SMILES string of the molecule is CCCC(=O)N1CCN(N)CC1. The molecule has 0 atom stereocenters. The molecule has 0 unspecified atom stereocenters. The van der Waals surface area contributed by atoms with Crippen LogP contribution in [-0.2, 0) is 4.79 Å². The van der Waals surface area contributed by atoms with Gasteiger partial charge in [-0.25, -0.2) is 5.01 Å². The molecule has 0 saturated carbocycles. The van der Waals surface area contributed by atoms with Gasteiger partial charge >= 0.3 is 0 Å². The Hall–Kier alpha value is -0.610. The molecule has 1 saturated heterocycles. The highest BCUT2D eigenvalue weighted by Crippen LogP contribution is 2.01. The lowest BCUT2D eigenvalue weighted by Gasteiger charge is -2.31. The molecule has 0 spiro atoms. The minimum Gasteiger partial charge on any atom is -0.340 e. The molecule has 1 rings (SSSR count). The monoisotopic (exact) mass is 171 g/mol. The highest BCUT2D eigenvalue weighted by atomic mass is 16.2. The third kappa shape index (κ3) is 2.46. The summed E-state index contributed by atoms with van der Waals surface area (Å²) in [5, 5.41) is 1.76. The van der Waals surface area contributed by atoms with Crippen molar-refractivity contribution in [2.75, 3.05) is 26.2 Å². The molecule has 4 nitrogen and oxygen atoms in total. The van der Waals surface area contributed by atoms with E-state index in [9.17, 15) is 4.79 Å². The summed E-state index contributed by atoms with van der Waals surface area (Å²) < 4.78 is 0. The maximum atomic E-state index is 11.4. The van der Waals surface area contributed by atoms with Gasteiger partial charge in [-0.2, -0.15) is 0 Å². The van der Waals surface area contributed by atoms with Gasteiger partial charge < -0.3 is 4.90 Å². The predicted octanol–water partition coefficient (Wildman–Crippen LogP) is -0.196. The van der Waals surface area contributed by atoms with Crippen LogP contribution in [0.15, 0.2) is 0 Å². The summed E-state index contributed by atoms with van der Waals surface area (Å²) in [6.07, 6.45) is 1.60. The summed E-state index contributed by atoms with van der Waals surface area (Å²) in [4.78, 5) is 13.3. The standard InChI is InChI=1S/C8H17N3O/c1-2-3-8(12)10-4-6-11(9)7-5-10/h2-7,9H2,1H3. The Balaban J connectivity index is 2.29. The molecule has 4 heteroatoms. The molecule has 1 aliphatic rings. The van der Waals surface area contributed by atoms with Crippen LogP contribution in [0, 0.1) is 0 Å². The first-order valence-corrected chi connectivity index (χ1v) is 4.51. The molecule has 1 amide bonds. The van der Waals surface area contributed by atoms with Crippen LogP contribution in [0.2, 0.25) is 0 Å². The van der Waals surface area contributed by atoms with Crippen molar-refractivity contribution in [1.82, 2.24) is 9.91 Å². The number of carbonyl (C=O) groups is 1. The van der Waals surface area contributed by atoms with Crippen LogP contribution in [0.25, 0.3) is 0 Å². The van der Waals surface area contributed by atoms with E-state index < -0.39 is 0 Å². The second kappa shape index (κ2) is 4.42. The highest BCUT2D eigenvalue weighted by molar-refractivity contribution is 5.76. The van der Waals surface area contributed by atoms with Crippen molar-refractivity contribution in [2.45, 2.75) is 19.8 Å². The molecule has 1 fully saturated rings. The summed E-state index contributed by atoms with van der Waals surface area (Å²) in [6, 6.07) is 0. The van der Waals surface area contributed by atoms with E-state index in [-0.39, 0.29) is 5.91 Å². The van der Waals surface area contributed by atoms with Gasteiger partial charge in [-0.3, -0.25) is 10.6 Å². The van der Waals surface area contributed by atoms with Crippen LogP contribution in [0.5, 0.6) is 0 Å². The van der Waals surface area contributed by atoms with Gasteiger partial charge in [0.25, 0.3) is 0 Å². The predicted molar refractivity (Wildman–Crippen MR) is 47.2 cm³/mol. The van der Waals surface area contributed by atoms with Gasteiger partial charge in [0.15, 0.2) is 0 Å². The lowest BCUT2D eigenvalue weighted by Crippen LogP contribution is -2.51. The lowest BCUT2D eigenvalue weighted by atomic mass is 10.2. The third-order valence-corrected chi connectivity index (χ3v) is 2.13. The normalized spacial score (nSPS) is 19.7. The van der Waals surface area contributed by atoms with E-state index in [1.54, 1.807) is 5.01 Å². The number of carbonyl (C=O) groups excluding carboxylic acids is 1. The molecule has 0 aromatic carbocycles. The van der Waals surface area contributed by atoms with Gasteiger partial charge in [0.05, 0.1) is 0 Å². The van der Waals surface area contributed by atoms with E-state index in [1.165, 1.54) is 0 Å². The molecule has 0 bridgehead atoms. The molecule has 0 aliphatic carbocycles. The van der Waals surface area contributed by atoms with E-state index >= 15 is 0 Å². The maximum absolute atomic E-state index is 11.4. The minimum atomic E-state index is 0.269. The average Bonchev–Trinajstić information content (AvgIpc) is 2.06. The van der Waals surface area contributed by atoms with Crippen LogP contribution in [-0.4, -0.2) is 42.0 Å².